The van der Waals surface area contributed by atoms with Crippen molar-refractivity contribution < 1.29 is 4.79 Å². The molecule has 0 N–H and O–H groups in total. The number of benzene rings is 1. The molecule has 23 heavy (non-hydrogen) atoms. The van der Waals surface area contributed by atoms with Crippen LogP contribution in [0.25, 0.3) is 6.08 Å². The lowest BCUT2D eigenvalue weighted by Crippen LogP contribution is -2.36. The zero-order valence-electron chi connectivity index (χ0n) is 15.2. The topological polar surface area (TPSA) is 44.1 Å². The second-order valence-corrected chi connectivity index (χ2v) is 8.03. The zero-order chi connectivity index (χ0) is 17.6. The van der Waals surface area contributed by atoms with Crippen molar-refractivity contribution in [1.82, 2.24) is 0 Å². The minimum Gasteiger partial charge on any atom is -0.371 e. The van der Waals surface area contributed by atoms with Gasteiger partial charge in [-0.15, -0.1) is 0 Å². The van der Waals surface area contributed by atoms with E-state index in [4.69, 9.17) is 0 Å². The Morgan fingerprint density at radius 1 is 1.35 bits per heavy atom. The Morgan fingerprint density at radius 3 is 2.48 bits per heavy atom. The predicted octanol–water partition coefficient (Wildman–Crippen LogP) is 4.32. The molecule has 0 radical (unpaired) electrons. The van der Waals surface area contributed by atoms with Gasteiger partial charge in [0, 0.05) is 29.6 Å². The second kappa shape index (κ2) is 5.53. The fourth-order valence-electron chi connectivity index (χ4n) is 3.10. The first-order chi connectivity index (χ1) is 10.5. The van der Waals surface area contributed by atoms with Gasteiger partial charge in [-0.05, 0) is 36.3 Å². The van der Waals surface area contributed by atoms with E-state index in [0.717, 1.165) is 5.56 Å². The Labute approximate surface area is 139 Å². The molecular formula is C20H26N2O. The minimum absolute atomic E-state index is 0.0365. The molecule has 1 aromatic carbocycles. The minimum atomic E-state index is -0.549. The molecule has 0 amide bonds. The summed E-state index contributed by atoms with van der Waals surface area (Å²) in [5.41, 5.74) is 3.10. The highest BCUT2D eigenvalue weighted by Gasteiger charge is 2.40. The van der Waals surface area contributed by atoms with Crippen molar-refractivity contribution in [3.8, 4) is 6.07 Å². The van der Waals surface area contributed by atoms with Crippen LogP contribution in [-0.2, 0) is 10.2 Å². The van der Waals surface area contributed by atoms with Crippen molar-refractivity contribution in [2.75, 3.05) is 11.9 Å². The maximum atomic E-state index is 12.4. The molecule has 0 aromatic heterocycles. The smallest absolute Gasteiger partial charge is 0.178 e. The molecule has 0 saturated carbocycles. The Balaban J connectivity index is 2.49. The third-order valence-electron chi connectivity index (χ3n) is 5.08. The molecule has 0 aliphatic carbocycles. The van der Waals surface area contributed by atoms with Gasteiger partial charge in [0.1, 0.15) is 6.07 Å². The SMILES string of the molecule is CC1N(C)c2ccc(/C=C(\C#N)C(=O)C(C)(C)C)cc2C1(C)C. The maximum Gasteiger partial charge on any atom is 0.178 e. The molecule has 0 bridgehead atoms. The third kappa shape index (κ3) is 2.91. The van der Waals surface area contributed by atoms with Gasteiger partial charge in [-0.25, -0.2) is 0 Å². The van der Waals surface area contributed by atoms with Gasteiger partial charge >= 0.3 is 0 Å². The van der Waals surface area contributed by atoms with Crippen molar-refractivity contribution in [1.29, 1.82) is 5.26 Å². The van der Waals surface area contributed by atoms with Crippen LogP contribution in [0.2, 0.25) is 0 Å². The summed E-state index contributed by atoms with van der Waals surface area (Å²) < 4.78 is 0. The Morgan fingerprint density at radius 2 is 1.96 bits per heavy atom. The largest absolute Gasteiger partial charge is 0.371 e. The van der Waals surface area contributed by atoms with Crippen molar-refractivity contribution in [3.05, 3.63) is 34.9 Å². The number of carbonyl (C=O) groups excluding carboxylic acids is 1. The van der Waals surface area contributed by atoms with Crippen LogP contribution in [0.3, 0.4) is 0 Å². The van der Waals surface area contributed by atoms with Gasteiger partial charge in [-0.3, -0.25) is 4.79 Å². The number of anilines is 1. The number of fused-ring (bicyclic) bond motifs is 1. The van der Waals surface area contributed by atoms with Gasteiger partial charge in [-0.1, -0.05) is 40.7 Å². The predicted molar refractivity (Wildman–Crippen MR) is 95.4 cm³/mol. The second-order valence-electron chi connectivity index (χ2n) is 8.03. The number of hydrogen-bond donors (Lipinski definition) is 0. The standard InChI is InChI=1S/C20H26N2O/c1-13-20(5,6)16-11-14(8-9-17(16)22(13)7)10-15(12-21)18(23)19(2,3)4/h8-11,13H,1-7H3/b15-10+. The third-order valence-corrected chi connectivity index (χ3v) is 5.08. The first-order valence-corrected chi connectivity index (χ1v) is 8.04. The fourth-order valence-corrected chi connectivity index (χ4v) is 3.10. The summed E-state index contributed by atoms with van der Waals surface area (Å²) in [6, 6.07) is 8.65. The lowest BCUT2D eigenvalue weighted by atomic mass is 9.80. The summed E-state index contributed by atoms with van der Waals surface area (Å²) in [5.74, 6) is -0.120. The molecule has 122 valence electrons. The van der Waals surface area contributed by atoms with Gasteiger partial charge < -0.3 is 4.90 Å². The summed E-state index contributed by atoms with van der Waals surface area (Å²) in [6.45, 7) is 12.2. The fraction of sp³-hybridized carbons (Fsp3) is 0.500. The molecule has 1 atom stereocenters. The first kappa shape index (κ1) is 17.3. The van der Waals surface area contributed by atoms with Crippen LogP contribution in [0.15, 0.2) is 23.8 Å². The van der Waals surface area contributed by atoms with E-state index in [2.05, 4.69) is 50.9 Å². The van der Waals surface area contributed by atoms with E-state index < -0.39 is 5.41 Å². The molecule has 0 fully saturated rings. The number of hydrogen-bond acceptors (Lipinski definition) is 3. The van der Waals surface area contributed by atoms with E-state index in [9.17, 15) is 10.1 Å². The average molecular weight is 310 g/mol. The Hall–Kier alpha value is -2.08. The van der Waals surface area contributed by atoms with Gasteiger partial charge in [0.15, 0.2) is 5.78 Å². The Bertz CT molecular complexity index is 714. The number of carbonyl (C=O) groups is 1. The first-order valence-electron chi connectivity index (χ1n) is 8.04. The number of nitriles is 1. The summed E-state index contributed by atoms with van der Waals surface area (Å²) in [4.78, 5) is 14.7. The number of ketones is 1. The summed E-state index contributed by atoms with van der Waals surface area (Å²) in [7, 11) is 2.11. The molecule has 0 saturated heterocycles. The molecule has 1 heterocycles. The summed E-state index contributed by atoms with van der Waals surface area (Å²) in [5, 5.41) is 9.35. The monoisotopic (exact) mass is 310 g/mol. The zero-order valence-corrected chi connectivity index (χ0v) is 15.2. The van der Waals surface area contributed by atoms with Crippen LogP contribution in [-0.4, -0.2) is 18.9 Å². The van der Waals surface area contributed by atoms with Crippen molar-refractivity contribution in [2.24, 2.45) is 5.41 Å². The van der Waals surface area contributed by atoms with Gasteiger partial charge in [0.2, 0.25) is 0 Å². The van der Waals surface area contributed by atoms with Crippen LogP contribution in [0.5, 0.6) is 0 Å². The number of allylic oxidation sites excluding steroid dienone is 1. The molecule has 1 aromatic rings. The molecule has 3 nitrogen and oxygen atoms in total. The number of likely N-dealkylation sites (N-methyl/N-ethyl adjacent to an activating group) is 1. The van der Waals surface area contributed by atoms with E-state index in [0.29, 0.717) is 6.04 Å². The normalized spacial score (nSPS) is 20.2. The van der Waals surface area contributed by atoms with E-state index in [1.165, 1.54) is 11.3 Å². The number of Topliss-reactive ketones (excluding diaryl/α,β-unsaturated/α-hetero) is 1. The van der Waals surface area contributed by atoms with Gasteiger partial charge in [0.25, 0.3) is 0 Å². The molecule has 2 rings (SSSR count). The lowest BCUT2D eigenvalue weighted by Gasteiger charge is -2.28. The van der Waals surface area contributed by atoms with Crippen LogP contribution >= 0.6 is 0 Å². The van der Waals surface area contributed by atoms with E-state index >= 15 is 0 Å². The van der Waals surface area contributed by atoms with Crippen LogP contribution in [0.1, 0.15) is 52.7 Å². The van der Waals surface area contributed by atoms with Crippen molar-refractivity contribution in [3.63, 3.8) is 0 Å². The average Bonchev–Trinajstić information content (AvgIpc) is 2.64. The van der Waals surface area contributed by atoms with Gasteiger partial charge in [0.05, 0.1) is 5.57 Å². The Kier molecular flexibility index (Phi) is 4.15. The summed E-state index contributed by atoms with van der Waals surface area (Å²) in [6.07, 6.45) is 1.72. The van der Waals surface area contributed by atoms with E-state index in [1.54, 1.807) is 6.08 Å². The highest BCUT2D eigenvalue weighted by molar-refractivity contribution is 6.06. The van der Waals surface area contributed by atoms with E-state index in [1.807, 2.05) is 26.8 Å². The maximum absolute atomic E-state index is 12.4. The lowest BCUT2D eigenvalue weighted by molar-refractivity contribution is -0.121. The molecule has 3 heteroatoms. The molecule has 1 aliphatic rings. The van der Waals surface area contributed by atoms with Gasteiger partial charge in [-0.2, -0.15) is 5.26 Å². The van der Waals surface area contributed by atoms with Crippen molar-refractivity contribution in [2.45, 2.75) is 53.0 Å². The van der Waals surface area contributed by atoms with E-state index in [-0.39, 0.29) is 16.8 Å². The van der Waals surface area contributed by atoms with Crippen LogP contribution in [0, 0.1) is 16.7 Å². The molecule has 1 unspecified atom stereocenters. The highest BCUT2D eigenvalue weighted by atomic mass is 16.1. The van der Waals surface area contributed by atoms with Crippen LogP contribution < -0.4 is 4.90 Å². The quantitative estimate of drug-likeness (QED) is 0.603. The number of nitrogens with zero attached hydrogens (tertiary/aromatic N) is 2. The number of rotatable bonds is 2. The molecule has 0 spiro atoms. The summed E-state index contributed by atoms with van der Waals surface area (Å²) >= 11 is 0. The highest BCUT2D eigenvalue weighted by Crippen LogP contribution is 2.44. The molecular weight excluding hydrogens is 284 g/mol. The van der Waals surface area contributed by atoms with Crippen LogP contribution in [0.4, 0.5) is 5.69 Å². The van der Waals surface area contributed by atoms with Crippen molar-refractivity contribution >= 4 is 17.5 Å². The molecule has 1 aliphatic heterocycles.